The first-order valence-corrected chi connectivity index (χ1v) is 8.23. The summed E-state index contributed by atoms with van der Waals surface area (Å²) in [5.41, 5.74) is 0. The SMILES string of the molecule is CCCCOC(=O)C(CCCC)(OCC)Oc1ccccc1.[NaH]. The number of hydrogen-bond donors (Lipinski definition) is 0. The van der Waals surface area contributed by atoms with Crippen LogP contribution in [-0.2, 0) is 14.3 Å². The zero-order chi connectivity index (χ0) is 16.3. The van der Waals surface area contributed by atoms with Crippen molar-refractivity contribution < 1.29 is 19.0 Å². The van der Waals surface area contributed by atoms with Crippen molar-refractivity contribution in [2.75, 3.05) is 13.2 Å². The summed E-state index contributed by atoms with van der Waals surface area (Å²) >= 11 is 0. The fourth-order valence-electron chi connectivity index (χ4n) is 2.10. The first-order chi connectivity index (χ1) is 10.7. The average molecular weight is 332 g/mol. The molecule has 1 rings (SSSR count). The van der Waals surface area contributed by atoms with Gasteiger partial charge in [-0.1, -0.05) is 44.9 Å². The van der Waals surface area contributed by atoms with E-state index in [1.807, 2.05) is 37.3 Å². The molecular formula is C18H29NaO4. The molecule has 0 heterocycles. The summed E-state index contributed by atoms with van der Waals surface area (Å²) in [6, 6.07) is 9.28. The Kier molecular flexibility index (Phi) is 12.5. The normalized spacial score (nSPS) is 12.8. The standard InChI is InChI=1S/C18H28O4.Na.H/c1-4-7-14-18(21-6-3,17(19)20-15-8-5-2)22-16-12-10-9-11-13-16;;/h9-13H,4-8,14-15H2,1-3H3;;. The fourth-order valence-corrected chi connectivity index (χ4v) is 2.10. The van der Waals surface area contributed by atoms with Crippen molar-refractivity contribution in [1.29, 1.82) is 0 Å². The molecule has 0 bridgehead atoms. The van der Waals surface area contributed by atoms with Crippen LogP contribution in [0.2, 0.25) is 0 Å². The van der Waals surface area contributed by atoms with E-state index in [1.54, 1.807) is 0 Å². The minimum atomic E-state index is -1.35. The molecule has 1 aromatic carbocycles. The van der Waals surface area contributed by atoms with Crippen LogP contribution in [0.15, 0.2) is 30.3 Å². The van der Waals surface area contributed by atoms with E-state index < -0.39 is 11.8 Å². The number of esters is 1. The first-order valence-electron chi connectivity index (χ1n) is 8.23. The molecule has 23 heavy (non-hydrogen) atoms. The Morgan fingerprint density at radius 2 is 1.70 bits per heavy atom. The number of benzene rings is 1. The molecule has 0 aliphatic heterocycles. The Balaban J connectivity index is 0.00000484. The maximum atomic E-state index is 12.6. The van der Waals surface area contributed by atoms with E-state index in [-0.39, 0.29) is 29.6 Å². The molecule has 0 amide bonds. The summed E-state index contributed by atoms with van der Waals surface area (Å²) in [6.07, 6.45) is 4.08. The van der Waals surface area contributed by atoms with Gasteiger partial charge in [0.25, 0.3) is 0 Å². The summed E-state index contributed by atoms with van der Waals surface area (Å²) in [5, 5.41) is 0. The monoisotopic (exact) mass is 332 g/mol. The van der Waals surface area contributed by atoms with Crippen LogP contribution in [-0.4, -0.2) is 54.5 Å². The molecule has 0 aromatic heterocycles. The molecule has 0 spiro atoms. The molecule has 0 aliphatic carbocycles. The number of carbonyl (C=O) groups excluding carboxylic acids is 1. The zero-order valence-electron chi connectivity index (χ0n) is 14.0. The molecule has 0 fully saturated rings. The topological polar surface area (TPSA) is 44.8 Å². The quantitative estimate of drug-likeness (QED) is 0.268. The molecule has 5 heteroatoms. The van der Waals surface area contributed by atoms with E-state index in [0.29, 0.717) is 25.4 Å². The van der Waals surface area contributed by atoms with Gasteiger partial charge in [0.15, 0.2) is 0 Å². The van der Waals surface area contributed by atoms with Gasteiger partial charge in [-0.15, -0.1) is 0 Å². The fraction of sp³-hybridized carbons (Fsp3) is 0.611. The van der Waals surface area contributed by atoms with Gasteiger partial charge in [-0.3, -0.25) is 0 Å². The minimum absolute atomic E-state index is 0. The number of para-hydroxylation sites is 1. The predicted molar refractivity (Wildman–Crippen MR) is 94.0 cm³/mol. The van der Waals surface area contributed by atoms with Gasteiger partial charge in [-0.2, -0.15) is 0 Å². The van der Waals surface area contributed by atoms with E-state index in [9.17, 15) is 4.79 Å². The van der Waals surface area contributed by atoms with Crippen molar-refractivity contribution in [3.8, 4) is 5.75 Å². The van der Waals surface area contributed by atoms with Crippen molar-refractivity contribution in [3.05, 3.63) is 30.3 Å². The van der Waals surface area contributed by atoms with E-state index in [2.05, 4.69) is 13.8 Å². The van der Waals surface area contributed by atoms with E-state index in [0.717, 1.165) is 25.7 Å². The molecule has 0 aliphatic rings. The number of unbranched alkanes of at least 4 members (excludes halogenated alkanes) is 2. The van der Waals surface area contributed by atoms with Gasteiger partial charge in [0.05, 0.1) is 6.61 Å². The number of hydrogen-bond acceptors (Lipinski definition) is 4. The van der Waals surface area contributed by atoms with Gasteiger partial charge in [-0.25, -0.2) is 4.79 Å². The Morgan fingerprint density at radius 3 is 2.26 bits per heavy atom. The van der Waals surface area contributed by atoms with Crippen LogP contribution in [0.25, 0.3) is 0 Å². The van der Waals surface area contributed by atoms with Crippen molar-refractivity contribution >= 4 is 35.5 Å². The molecule has 0 radical (unpaired) electrons. The van der Waals surface area contributed by atoms with Crippen LogP contribution >= 0.6 is 0 Å². The number of rotatable bonds is 11. The van der Waals surface area contributed by atoms with E-state index in [4.69, 9.17) is 14.2 Å². The number of carbonyl (C=O) groups is 1. The Bertz CT molecular complexity index is 424. The predicted octanol–water partition coefficient (Wildman–Crippen LogP) is 3.68. The van der Waals surface area contributed by atoms with E-state index in [1.165, 1.54) is 0 Å². The van der Waals surface area contributed by atoms with Crippen LogP contribution in [0.4, 0.5) is 0 Å². The molecule has 4 nitrogen and oxygen atoms in total. The third-order valence-corrected chi connectivity index (χ3v) is 3.30. The van der Waals surface area contributed by atoms with Gasteiger partial charge < -0.3 is 14.2 Å². The van der Waals surface area contributed by atoms with Crippen molar-refractivity contribution in [2.45, 2.75) is 58.7 Å². The van der Waals surface area contributed by atoms with Crippen molar-refractivity contribution in [2.24, 2.45) is 0 Å². The van der Waals surface area contributed by atoms with Crippen molar-refractivity contribution in [1.82, 2.24) is 0 Å². The first kappa shape index (κ1) is 22.4. The van der Waals surface area contributed by atoms with Gasteiger partial charge in [0.2, 0.25) is 0 Å². The zero-order valence-corrected chi connectivity index (χ0v) is 14.0. The Labute approximate surface area is 162 Å². The third-order valence-electron chi connectivity index (χ3n) is 3.30. The second-order valence-corrected chi connectivity index (χ2v) is 5.19. The summed E-state index contributed by atoms with van der Waals surface area (Å²) in [5.74, 6) is -1.17. The van der Waals surface area contributed by atoms with Gasteiger partial charge in [0, 0.05) is 13.0 Å². The maximum absolute atomic E-state index is 12.6. The van der Waals surface area contributed by atoms with Crippen LogP contribution < -0.4 is 4.74 Å². The van der Waals surface area contributed by atoms with Crippen LogP contribution in [0.5, 0.6) is 5.75 Å². The summed E-state index contributed by atoms with van der Waals surface area (Å²) in [7, 11) is 0. The van der Waals surface area contributed by atoms with E-state index >= 15 is 0 Å². The molecule has 1 unspecified atom stereocenters. The molecule has 0 saturated carbocycles. The Morgan fingerprint density at radius 1 is 1.04 bits per heavy atom. The molecule has 0 saturated heterocycles. The van der Waals surface area contributed by atoms with Crippen molar-refractivity contribution in [3.63, 3.8) is 0 Å². The molecule has 126 valence electrons. The summed E-state index contributed by atoms with van der Waals surface area (Å²) < 4.78 is 17.1. The molecule has 1 atom stereocenters. The van der Waals surface area contributed by atoms with Crippen LogP contribution in [0.3, 0.4) is 0 Å². The van der Waals surface area contributed by atoms with Crippen LogP contribution in [0.1, 0.15) is 52.9 Å². The molecule has 0 N–H and O–H groups in total. The molecule has 1 aromatic rings. The summed E-state index contributed by atoms with van der Waals surface area (Å²) in [6.45, 7) is 6.77. The third kappa shape index (κ3) is 7.71. The molecular weight excluding hydrogens is 303 g/mol. The Hall–Kier alpha value is -0.550. The van der Waals surface area contributed by atoms with Gasteiger partial charge in [0.1, 0.15) is 5.75 Å². The second-order valence-electron chi connectivity index (χ2n) is 5.19. The average Bonchev–Trinajstić information content (AvgIpc) is 2.54. The second kappa shape index (κ2) is 12.8. The van der Waals surface area contributed by atoms with Gasteiger partial charge >= 0.3 is 41.3 Å². The van der Waals surface area contributed by atoms with Crippen LogP contribution in [0, 0.1) is 0 Å². The number of ether oxygens (including phenoxy) is 3. The van der Waals surface area contributed by atoms with Gasteiger partial charge in [-0.05, 0) is 31.9 Å². The summed E-state index contributed by atoms with van der Waals surface area (Å²) in [4.78, 5) is 12.6.